The Labute approximate surface area is 66.5 Å². The lowest BCUT2D eigenvalue weighted by Crippen LogP contribution is -2.13. The molecule has 0 aromatic carbocycles. The molecule has 0 aromatic rings. The summed E-state index contributed by atoms with van der Waals surface area (Å²) in [5.74, 6) is 0. The van der Waals surface area contributed by atoms with Crippen LogP contribution in [0.25, 0.3) is 0 Å². The van der Waals surface area contributed by atoms with Crippen molar-refractivity contribution in [2.75, 3.05) is 13.2 Å². The molecule has 0 radical (unpaired) electrons. The van der Waals surface area contributed by atoms with Gasteiger partial charge >= 0.3 is 0 Å². The Kier molecular flexibility index (Phi) is 6.00. The van der Waals surface area contributed by atoms with E-state index in [0.29, 0.717) is 6.29 Å². The lowest BCUT2D eigenvalue weighted by Gasteiger charge is -2.03. The number of carbonyl (C=O) groups excluding carboxylic acids is 1. The van der Waals surface area contributed by atoms with Crippen LogP contribution in [0.1, 0.15) is 6.92 Å². The van der Waals surface area contributed by atoms with Crippen LogP contribution < -0.4 is 0 Å². The van der Waals surface area contributed by atoms with Crippen LogP contribution in [0.4, 0.5) is 0 Å². The minimum Gasteiger partial charge on any atom is -0.369 e. The van der Waals surface area contributed by atoms with Gasteiger partial charge in [0.05, 0.1) is 13.2 Å². The molecule has 0 aliphatic heterocycles. The van der Waals surface area contributed by atoms with Crippen molar-refractivity contribution >= 4 is 17.3 Å². The largest absolute Gasteiger partial charge is 0.369 e. The summed E-state index contributed by atoms with van der Waals surface area (Å²) < 4.78 is 28.5. The van der Waals surface area contributed by atoms with Crippen molar-refractivity contribution in [3.8, 4) is 0 Å². The van der Waals surface area contributed by atoms with Gasteiger partial charge in [-0.3, -0.25) is 4.18 Å². The Morgan fingerprint density at radius 3 is 2.55 bits per heavy atom. The molecule has 0 saturated carbocycles. The second kappa shape index (κ2) is 6.26. The highest BCUT2D eigenvalue weighted by Gasteiger charge is 1.97. The van der Waals surface area contributed by atoms with E-state index in [4.69, 9.17) is 4.74 Å². The Balaban J connectivity index is 3.20. The smallest absolute Gasteiger partial charge is 0.257 e. The molecule has 0 amide bonds. The minimum absolute atomic E-state index is 0.0448. The first-order valence-corrected chi connectivity index (χ1v) is 4.10. The van der Waals surface area contributed by atoms with Gasteiger partial charge in [-0.15, -0.1) is 0 Å². The molecule has 1 unspecified atom stereocenters. The summed E-state index contributed by atoms with van der Waals surface area (Å²) in [5.41, 5.74) is 0. The topological polar surface area (TPSA) is 69.7 Å². The number of rotatable bonds is 6. The van der Waals surface area contributed by atoms with Gasteiger partial charge in [-0.25, -0.2) is 8.42 Å². The predicted octanol–water partition coefficient (Wildman–Crippen LogP) is -0.867. The summed E-state index contributed by atoms with van der Waals surface area (Å²) in [5, 5.41) is 0. The Hall–Kier alpha value is -0.460. The number of hydrogen-bond acceptors (Lipinski definition) is 5. The zero-order valence-corrected chi connectivity index (χ0v) is 6.95. The summed E-state index contributed by atoms with van der Waals surface area (Å²) in [6, 6.07) is 0. The van der Waals surface area contributed by atoms with Crippen LogP contribution in [-0.4, -0.2) is 34.0 Å². The second-order valence-corrected chi connectivity index (χ2v) is 2.47. The predicted molar refractivity (Wildman–Crippen MR) is 37.7 cm³/mol. The summed E-state index contributed by atoms with van der Waals surface area (Å²) in [6.45, 7) is 1.62. The Morgan fingerprint density at radius 1 is 1.45 bits per heavy atom. The molecule has 0 bridgehead atoms. The number of carbonyl (C=O) groups is 1. The van der Waals surface area contributed by atoms with Crippen molar-refractivity contribution in [2.45, 2.75) is 13.0 Å². The molecule has 6 heteroatoms. The average molecular weight is 182 g/mol. The van der Waals surface area contributed by atoms with E-state index >= 15 is 0 Å². The summed E-state index contributed by atoms with van der Waals surface area (Å²) in [7, 11) is -2.80. The molecular weight excluding hydrogens is 172 g/mol. The third kappa shape index (κ3) is 7.44. The number of ether oxygens (including phenoxy) is 1. The van der Waals surface area contributed by atoms with E-state index in [1.165, 1.54) is 0 Å². The average Bonchev–Trinajstić information content (AvgIpc) is 1.97. The van der Waals surface area contributed by atoms with Crippen LogP contribution >= 0.6 is 0 Å². The summed E-state index contributed by atoms with van der Waals surface area (Å²) >= 11 is 0. The number of aldehydes is 1. The van der Waals surface area contributed by atoms with Crippen molar-refractivity contribution in [1.29, 1.82) is 0 Å². The van der Waals surface area contributed by atoms with Crippen LogP contribution in [0.5, 0.6) is 0 Å². The third-order valence-corrected chi connectivity index (χ3v) is 1.25. The molecule has 1 atom stereocenters. The molecule has 11 heavy (non-hydrogen) atoms. The molecule has 0 aromatic heterocycles. The third-order valence-electron chi connectivity index (χ3n) is 0.852. The van der Waals surface area contributed by atoms with Crippen molar-refractivity contribution in [1.82, 2.24) is 0 Å². The molecule has 5 nitrogen and oxygen atoms in total. The summed E-state index contributed by atoms with van der Waals surface area (Å²) in [6.07, 6.45) is 0.111. The summed E-state index contributed by atoms with van der Waals surface area (Å²) in [4.78, 5) is 9.95. The molecule has 0 saturated heterocycles. The van der Waals surface area contributed by atoms with E-state index in [1.807, 2.05) is 0 Å². The lowest BCUT2D eigenvalue weighted by atomic mass is 10.5. The van der Waals surface area contributed by atoms with Crippen LogP contribution in [0.3, 0.4) is 0 Å². The highest BCUT2D eigenvalue weighted by molar-refractivity contribution is 7.67. The van der Waals surface area contributed by atoms with Crippen molar-refractivity contribution in [3.05, 3.63) is 0 Å². The van der Waals surface area contributed by atoms with E-state index in [1.54, 1.807) is 6.92 Å². The zero-order chi connectivity index (χ0) is 8.69. The fraction of sp³-hybridized carbons (Fsp3) is 0.800. The van der Waals surface area contributed by atoms with Crippen molar-refractivity contribution in [3.63, 3.8) is 0 Å². The number of thiol groups is 1. The van der Waals surface area contributed by atoms with Crippen LogP contribution in [-0.2, 0) is 24.7 Å². The molecule has 0 N–H and O–H groups in total. The molecule has 0 aliphatic carbocycles. The van der Waals surface area contributed by atoms with Gasteiger partial charge in [0, 0.05) is 0 Å². The normalized spacial score (nSPS) is 13.3. The van der Waals surface area contributed by atoms with Gasteiger partial charge in [0.2, 0.25) is 0 Å². The van der Waals surface area contributed by atoms with E-state index in [-0.39, 0.29) is 13.2 Å². The van der Waals surface area contributed by atoms with Gasteiger partial charge in [-0.2, -0.15) is 0 Å². The quantitative estimate of drug-likeness (QED) is 0.328. The Morgan fingerprint density at radius 2 is 2.09 bits per heavy atom. The van der Waals surface area contributed by atoms with Crippen molar-refractivity contribution in [2.24, 2.45) is 0 Å². The Bertz CT molecular complexity index is 168. The highest BCUT2D eigenvalue weighted by atomic mass is 32.2. The first-order valence-electron chi connectivity index (χ1n) is 3.01. The van der Waals surface area contributed by atoms with Gasteiger partial charge in [-0.05, 0) is 6.92 Å². The SMILES string of the molecule is CC(C=O)OCCO[SH](=O)=O. The second-order valence-electron chi connectivity index (χ2n) is 1.77. The lowest BCUT2D eigenvalue weighted by molar-refractivity contribution is -0.117. The number of hydrogen-bond donors (Lipinski definition) is 1. The van der Waals surface area contributed by atoms with E-state index < -0.39 is 17.1 Å². The molecule has 0 aliphatic rings. The molecule has 0 fully saturated rings. The van der Waals surface area contributed by atoms with E-state index in [0.717, 1.165) is 0 Å². The maximum atomic E-state index is 9.95. The van der Waals surface area contributed by atoms with Crippen molar-refractivity contribution < 1.29 is 22.1 Å². The minimum atomic E-state index is -2.80. The molecule has 0 spiro atoms. The zero-order valence-electron chi connectivity index (χ0n) is 6.06. The molecular formula is C5H10O5S. The fourth-order valence-electron chi connectivity index (χ4n) is 0.385. The molecule has 66 valence electrons. The van der Waals surface area contributed by atoms with Crippen LogP contribution in [0.15, 0.2) is 0 Å². The van der Waals surface area contributed by atoms with Gasteiger partial charge in [0.15, 0.2) is 0 Å². The first-order chi connectivity index (χ1) is 5.16. The van der Waals surface area contributed by atoms with Gasteiger partial charge in [0.25, 0.3) is 11.0 Å². The maximum Gasteiger partial charge on any atom is 0.257 e. The standard InChI is InChI=1S/C5H10O5S/c1-5(4-6)9-2-3-10-11(7)8/h4-5,11H,2-3H2,1H3. The first kappa shape index (κ1) is 10.5. The maximum absolute atomic E-state index is 9.95. The van der Waals surface area contributed by atoms with E-state index in [2.05, 4.69) is 4.18 Å². The molecule has 0 rings (SSSR count). The van der Waals surface area contributed by atoms with Crippen LogP contribution in [0, 0.1) is 0 Å². The highest BCUT2D eigenvalue weighted by Crippen LogP contribution is 1.85. The van der Waals surface area contributed by atoms with Crippen LogP contribution in [0.2, 0.25) is 0 Å². The molecule has 0 heterocycles. The van der Waals surface area contributed by atoms with Gasteiger partial charge < -0.3 is 9.53 Å². The fourth-order valence-corrected chi connectivity index (χ4v) is 0.609. The van der Waals surface area contributed by atoms with E-state index in [9.17, 15) is 13.2 Å². The van der Waals surface area contributed by atoms with Gasteiger partial charge in [0.1, 0.15) is 12.4 Å². The monoisotopic (exact) mass is 182 g/mol. The van der Waals surface area contributed by atoms with Gasteiger partial charge in [-0.1, -0.05) is 0 Å².